The van der Waals surface area contributed by atoms with Crippen molar-refractivity contribution in [2.24, 2.45) is 7.05 Å². The molecule has 0 fully saturated rings. The van der Waals surface area contributed by atoms with E-state index in [4.69, 9.17) is 11.6 Å². The van der Waals surface area contributed by atoms with Crippen LogP contribution in [-0.4, -0.2) is 10.8 Å². The van der Waals surface area contributed by atoms with Gasteiger partial charge in [0.05, 0.1) is 0 Å². The third-order valence-electron chi connectivity index (χ3n) is 3.57. The van der Waals surface area contributed by atoms with Crippen LogP contribution in [0.25, 0.3) is 21.9 Å². The Hall–Kier alpha value is -1.91. The van der Waals surface area contributed by atoms with Crippen LogP contribution in [0.5, 0.6) is 0 Å². The third-order valence-corrected chi connectivity index (χ3v) is 4.34. The Morgan fingerprint density at radius 3 is 2.55 bits per heavy atom. The number of halogens is 1. The van der Waals surface area contributed by atoms with Crippen LogP contribution in [0.3, 0.4) is 0 Å². The molecule has 1 aromatic heterocycles. The minimum absolute atomic E-state index is 0.00568. The summed E-state index contributed by atoms with van der Waals surface area (Å²) in [5.41, 5.74) is 2.83. The fourth-order valence-corrected chi connectivity index (χ4v) is 3.13. The number of pyridine rings is 1. The molecule has 3 nitrogen and oxygen atoms in total. The number of rotatable bonds is 3. The maximum absolute atomic E-state index is 12.3. The molecule has 0 atom stereocenters. The van der Waals surface area contributed by atoms with E-state index in [-0.39, 0.29) is 5.56 Å². The quantitative estimate of drug-likeness (QED) is 0.715. The van der Waals surface area contributed by atoms with Crippen LogP contribution in [-0.2, 0) is 7.05 Å². The smallest absolute Gasteiger partial charge is 0.258 e. The lowest BCUT2D eigenvalue weighted by atomic mass is 10.00. The number of nitrogens with one attached hydrogen (secondary N) is 1. The van der Waals surface area contributed by atoms with Crippen LogP contribution in [0.1, 0.15) is 0 Å². The molecular weight excluding hydrogens is 316 g/mol. The SMILES string of the molecule is CSNc1ccc(Cl)c(-c2cn(C)c(=O)c3ccccc23)c1. The molecule has 112 valence electrons. The highest BCUT2D eigenvalue weighted by Gasteiger charge is 2.12. The summed E-state index contributed by atoms with van der Waals surface area (Å²) >= 11 is 7.93. The van der Waals surface area contributed by atoms with Gasteiger partial charge in [-0.25, -0.2) is 0 Å². The van der Waals surface area contributed by atoms with Crippen molar-refractivity contribution in [1.29, 1.82) is 0 Å². The molecule has 0 amide bonds. The summed E-state index contributed by atoms with van der Waals surface area (Å²) in [6.07, 6.45) is 3.81. The van der Waals surface area contributed by atoms with Crippen molar-refractivity contribution < 1.29 is 0 Å². The Morgan fingerprint density at radius 2 is 1.82 bits per heavy atom. The maximum Gasteiger partial charge on any atom is 0.258 e. The van der Waals surface area contributed by atoms with Crippen molar-refractivity contribution in [2.45, 2.75) is 0 Å². The van der Waals surface area contributed by atoms with Gasteiger partial charge in [-0.3, -0.25) is 4.79 Å². The molecule has 3 rings (SSSR count). The third kappa shape index (κ3) is 2.60. The van der Waals surface area contributed by atoms with Crippen molar-refractivity contribution in [2.75, 3.05) is 11.0 Å². The molecule has 5 heteroatoms. The first kappa shape index (κ1) is 15.0. The fraction of sp³-hybridized carbons (Fsp3) is 0.118. The Labute approximate surface area is 138 Å². The topological polar surface area (TPSA) is 34.0 Å². The van der Waals surface area contributed by atoms with Crippen LogP contribution in [0.15, 0.2) is 53.5 Å². The van der Waals surface area contributed by atoms with Crippen molar-refractivity contribution >= 4 is 40.0 Å². The molecule has 0 spiro atoms. The monoisotopic (exact) mass is 330 g/mol. The predicted octanol–water partition coefficient (Wildman–Crippen LogP) is 4.55. The van der Waals surface area contributed by atoms with Gasteiger partial charge < -0.3 is 9.29 Å². The number of hydrogen-bond donors (Lipinski definition) is 1. The van der Waals surface area contributed by atoms with Crippen LogP contribution >= 0.6 is 23.5 Å². The minimum atomic E-state index is -0.00568. The van der Waals surface area contributed by atoms with Crippen LogP contribution < -0.4 is 10.3 Å². The number of nitrogens with zero attached hydrogens (tertiary/aromatic N) is 1. The molecule has 0 bridgehead atoms. The van der Waals surface area contributed by atoms with Crippen LogP contribution in [0.2, 0.25) is 5.02 Å². The summed E-state index contributed by atoms with van der Waals surface area (Å²) < 4.78 is 4.81. The van der Waals surface area contributed by atoms with E-state index in [1.807, 2.05) is 54.9 Å². The Morgan fingerprint density at radius 1 is 1.09 bits per heavy atom. The number of hydrogen-bond acceptors (Lipinski definition) is 3. The highest BCUT2D eigenvalue weighted by molar-refractivity contribution is 7.99. The lowest BCUT2D eigenvalue weighted by Crippen LogP contribution is -2.16. The molecule has 22 heavy (non-hydrogen) atoms. The molecule has 0 saturated heterocycles. The first-order valence-electron chi connectivity index (χ1n) is 6.79. The second-order valence-electron chi connectivity index (χ2n) is 5.01. The Balaban J connectivity index is 2.33. The van der Waals surface area contributed by atoms with Crippen molar-refractivity contribution in [3.63, 3.8) is 0 Å². The highest BCUT2D eigenvalue weighted by Crippen LogP contribution is 2.34. The van der Waals surface area contributed by atoms with Gasteiger partial charge in [0.2, 0.25) is 0 Å². The normalized spacial score (nSPS) is 10.9. The summed E-state index contributed by atoms with van der Waals surface area (Å²) in [6.45, 7) is 0. The molecule has 1 heterocycles. The average Bonchev–Trinajstić information content (AvgIpc) is 2.53. The first-order chi connectivity index (χ1) is 10.6. The Kier molecular flexibility index (Phi) is 4.14. The van der Waals surface area contributed by atoms with Gasteiger partial charge in [-0.1, -0.05) is 41.7 Å². The zero-order valence-electron chi connectivity index (χ0n) is 12.3. The van der Waals surface area contributed by atoms with Crippen LogP contribution in [0.4, 0.5) is 5.69 Å². The molecule has 3 aromatic rings. The van der Waals surface area contributed by atoms with Gasteiger partial charge in [0, 0.05) is 46.7 Å². The summed E-state index contributed by atoms with van der Waals surface area (Å²) in [5.74, 6) is 0. The largest absolute Gasteiger partial charge is 0.330 e. The number of aryl methyl sites for hydroxylation is 1. The number of benzene rings is 2. The molecule has 0 aliphatic carbocycles. The maximum atomic E-state index is 12.3. The van der Waals surface area contributed by atoms with E-state index in [2.05, 4.69) is 4.72 Å². The van der Waals surface area contributed by atoms with Crippen molar-refractivity contribution in [1.82, 2.24) is 4.57 Å². The molecule has 1 N–H and O–H groups in total. The molecule has 0 radical (unpaired) electrons. The second kappa shape index (κ2) is 6.07. The average molecular weight is 331 g/mol. The van der Waals surface area contributed by atoms with E-state index < -0.39 is 0 Å². The molecule has 2 aromatic carbocycles. The van der Waals surface area contributed by atoms with E-state index in [1.165, 1.54) is 11.9 Å². The summed E-state index contributed by atoms with van der Waals surface area (Å²) in [7, 11) is 1.76. The van der Waals surface area contributed by atoms with Gasteiger partial charge in [-0.15, -0.1) is 0 Å². The molecule has 0 aliphatic rings. The lowest BCUT2D eigenvalue weighted by Gasteiger charge is -2.12. The summed E-state index contributed by atoms with van der Waals surface area (Å²) in [4.78, 5) is 12.3. The van der Waals surface area contributed by atoms with Crippen LogP contribution in [0, 0.1) is 0 Å². The Bertz CT molecular complexity index is 905. The molecule has 0 aliphatic heterocycles. The van der Waals surface area contributed by atoms with Gasteiger partial charge in [0.1, 0.15) is 0 Å². The summed E-state index contributed by atoms with van der Waals surface area (Å²) in [6, 6.07) is 13.4. The first-order valence-corrected chi connectivity index (χ1v) is 8.39. The molecular formula is C17H15ClN2OS. The zero-order chi connectivity index (χ0) is 15.7. The number of anilines is 1. The predicted molar refractivity (Wildman–Crippen MR) is 96.8 cm³/mol. The number of aromatic nitrogens is 1. The van der Waals surface area contributed by atoms with E-state index in [0.717, 1.165) is 22.2 Å². The van der Waals surface area contributed by atoms with Gasteiger partial charge >= 0.3 is 0 Å². The second-order valence-corrected chi connectivity index (χ2v) is 6.02. The summed E-state index contributed by atoms with van der Waals surface area (Å²) in [5, 5.41) is 2.27. The highest BCUT2D eigenvalue weighted by atomic mass is 35.5. The zero-order valence-corrected chi connectivity index (χ0v) is 13.8. The van der Waals surface area contributed by atoms with E-state index in [9.17, 15) is 4.79 Å². The van der Waals surface area contributed by atoms with Crippen molar-refractivity contribution in [3.8, 4) is 11.1 Å². The van der Waals surface area contributed by atoms with E-state index in [1.54, 1.807) is 11.6 Å². The van der Waals surface area contributed by atoms with E-state index >= 15 is 0 Å². The van der Waals surface area contributed by atoms with Gasteiger partial charge in [-0.2, -0.15) is 0 Å². The molecule has 0 unspecified atom stereocenters. The van der Waals surface area contributed by atoms with Gasteiger partial charge in [0.25, 0.3) is 5.56 Å². The molecule has 0 saturated carbocycles. The van der Waals surface area contributed by atoms with Gasteiger partial charge in [0.15, 0.2) is 0 Å². The minimum Gasteiger partial charge on any atom is -0.330 e. The standard InChI is InChI=1S/C17H15ClN2OS/c1-20-10-15(12-5-3-4-6-13(12)17(20)21)14-9-11(19-22-2)7-8-16(14)18/h3-10,19H,1-2H3. The van der Waals surface area contributed by atoms with Crippen molar-refractivity contribution in [3.05, 3.63) is 64.0 Å². The van der Waals surface area contributed by atoms with E-state index in [0.29, 0.717) is 10.4 Å². The lowest BCUT2D eigenvalue weighted by molar-refractivity contribution is 0.875. The van der Waals surface area contributed by atoms with Gasteiger partial charge in [-0.05, 0) is 29.7 Å². The fourth-order valence-electron chi connectivity index (χ4n) is 2.54. The number of fused-ring (bicyclic) bond motifs is 1.